The van der Waals surface area contributed by atoms with Gasteiger partial charge in [0, 0.05) is 13.6 Å². The van der Waals surface area contributed by atoms with Crippen molar-refractivity contribution in [3.8, 4) is 10.4 Å². The van der Waals surface area contributed by atoms with Gasteiger partial charge in [-0.1, -0.05) is 60.7 Å². The number of aryl methyl sites for hydroxylation is 1. The summed E-state index contributed by atoms with van der Waals surface area (Å²) in [6, 6.07) is 19.9. The third-order valence-electron chi connectivity index (χ3n) is 3.58. The Labute approximate surface area is 140 Å². The number of rotatable bonds is 4. The van der Waals surface area contributed by atoms with E-state index in [1.54, 1.807) is 16.2 Å². The van der Waals surface area contributed by atoms with Crippen molar-refractivity contribution in [3.05, 3.63) is 76.9 Å². The van der Waals surface area contributed by atoms with Crippen molar-refractivity contribution in [1.82, 2.24) is 9.88 Å². The summed E-state index contributed by atoms with van der Waals surface area (Å²) in [6.07, 6.45) is 0. The Balaban J connectivity index is 1.88. The number of carbonyl (C=O) groups is 1. The first-order valence-corrected chi connectivity index (χ1v) is 8.29. The van der Waals surface area contributed by atoms with E-state index in [2.05, 4.69) is 4.98 Å². The third-order valence-corrected chi connectivity index (χ3v) is 4.60. The van der Waals surface area contributed by atoms with E-state index >= 15 is 0 Å². The highest BCUT2D eigenvalue weighted by atomic mass is 32.1. The second kappa shape index (κ2) is 6.75. The summed E-state index contributed by atoms with van der Waals surface area (Å²) in [7, 11) is 1.82. The second-order valence-corrected chi connectivity index (χ2v) is 6.63. The molecule has 0 atom stereocenters. The second-order valence-electron chi connectivity index (χ2n) is 5.42. The number of nitrogens with zero attached hydrogens (tertiary/aromatic N) is 2. The van der Waals surface area contributed by atoms with E-state index in [9.17, 15) is 4.79 Å². The van der Waals surface area contributed by atoms with Gasteiger partial charge >= 0.3 is 0 Å². The highest BCUT2D eigenvalue weighted by Crippen LogP contribution is 2.30. The predicted molar refractivity (Wildman–Crippen MR) is 94.5 cm³/mol. The summed E-state index contributed by atoms with van der Waals surface area (Å²) < 4.78 is 0. The van der Waals surface area contributed by atoms with E-state index in [0.717, 1.165) is 21.0 Å². The third kappa shape index (κ3) is 3.48. The van der Waals surface area contributed by atoms with Crippen LogP contribution in [0.1, 0.15) is 21.1 Å². The Bertz CT molecular complexity index is 797. The molecule has 1 aromatic heterocycles. The minimum Gasteiger partial charge on any atom is -0.336 e. The molecule has 4 heteroatoms. The molecule has 0 fully saturated rings. The van der Waals surface area contributed by atoms with Crippen LogP contribution in [0.4, 0.5) is 0 Å². The number of thiazole rings is 1. The summed E-state index contributed by atoms with van der Waals surface area (Å²) in [6.45, 7) is 2.51. The van der Waals surface area contributed by atoms with Crippen LogP contribution >= 0.6 is 11.3 Å². The smallest absolute Gasteiger partial charge is 0.274 e. The number of hydrogen-bond acceptors (Lipinski definition) is 3. The maximum absolute atomic E-state index is 12.8. The van der Waals surface area contributed by atoms with E-state index < -0.39 is 0 Å². The lowest BCUT2D eigenvalue weighted by atomic mass is 10.1. The molecule has 0 aliphatic rings. The first-order chi connectivity index (χ1) is 11.1. The topological polar surface area (TPSA) is 33.2 Å². The first-order valence-electron chi connectivity index (χ1n) is 7.47. The molecule has 1 amide bonds. The van der Waals surface area contributed by atoms with Gasteiger partial charge in [-0.25, -0.2) is 4.98 Å². The fourth-order valence-corrected chi connectivity index (χ4v) is 3.38. The maximum atomic E-state index is 12.8. The van der Waals surface area contributed by atoms with Gasteiger partial charge in [-0.2, -0.15) is 0 Å². The van der Waals surface area contributed by atoms with Gasteiger partial charge in [0.05, 0.1) is 9.88 Å². The Kier molecular flexibility index (Phi) is 4.53. The van der Waals surface area contributed by atoms with Gasteiger partial charge in [0.2, 0.25) is 0 Å². The molecule has 0 radical (unpaired) electrons. The Morgan fingerprint density at radius 3 is 2.30 bits per heavy atom. The summed E-state index contributed by atoms with van der Waals surface area (Å²) >= 11 is 1.56. The zero-order valence-corrected chi connectivity index (χ0v) is 14.0. The van der Waals surface area contributed by atoms with Gasteiger partial charge < -0.3 is 4.90 Å². The van der Waals surface area contributed by atoms with E-state index in [1.807, 2.05) is 74.6 Å². The van der Waals surface area contributed by atoms with E-state index in [1.165, 1.54) is 0 Å². The standard InChI is InChI=1S/C19H18N2OS/c1-14-20-17(18(23-14)16-11-7-4-8-12-16)19(22)21(2)13-15-9-5-3-6-10-15/h3-12H,13H2,1-2H3. The zero-order valence-electron chi connectivity index (χ0n) is 13.2. The van der Waals surface area contributed by atoms with Crippen LogP contribution in [0.15, 0.2) is 60.7 Å². The lowest BCUT2D eigenvalue weighted by molar-refractivity contribution is 0.0780. The van der Waals surface area contributed by atoms with Crippen LogP contribution in [0.5, 0.6) is 0 Å². The van der Waals surface area contributed by atoms with Gasteiger partial charge in [-0.3, -0.25) is 4.79 Å². The van der Waals surface area contributed by atoms with Crippen molar-refractivity contribution < 1.29 is 4.79 Å². The number of carbonyl (C=O) groups excluding carboxylic acids is 1. The molecule has 3 nitrogen and oxygen atoms in total. The van der Waals surface area contributed by atoms with Crippen molar-refractivity contribution in [2.24, 2.45) is 0 Å². The van der Waals surface area contributed by atoms with Gasteiger partial charge in [-0.15, -0.1) is 11.3 Å². The molecule has 2 aromatic carbocycles. The molecule has 0 aliphatic heterocycles. The van der Waals surface area contributed by atoms with Crippen molar-refractivity contribution in [1.29, 1.82) is 0 Å². The summed E-state index contributed by atoms with van der Waals surface area (Å²) in [4.78, 5) is 20.0. The van der Waals surface area contributed by atoms with Crippen LogP contribution in [-0.2, 0) is 6.54 Å². The van der Waals surface area contributed by atoms with Crippen LogP contribution in [0.3, 0.4) is 0 Å². The minimum atomic E-state index is -0.0444. The SMILES string of the molecule is Cc1nc(C(=O)N(C)Cc2ccccc2)c(-c2ccccc2)s1. The number of benzene rings is 2. The molecule has 0 spiro atoms. The first kappa shape index (κ1) is 15.4. The molecule has 0 saturated carbocycles. The summed E-state index contributed by atoms with van der Waals surface area (Å²) in [5.74, 6) is -0.0444. The molecule has 3 aromatic rings. The normalized spacial score (nSPS) is 10.5. The fourth-order valence-electron chi connectivity index (χ4n) is 2.47. The monoisotopic (exact) mass is 322 g/mol. The minimum absolute atomic E-state index is 0.0444. The number of hydrogen-bond donors (Lipinski definition) is 0. The number of amides is 1. The van der Waals surface area contributed by atoms with Crippen LogP contribution in [0.2, 0.25) is 0 Å². The largest absolute Gasteiger partial charge is 0.336 e. The Morgan fingerprint density at radius 2 is 1.65 bits per heavy atom. The molecule has 3 rings (SSSR count). The van der Waals surface area contributed by atoms with Crippen LogP contribution in [-0.4, -0.2) is 22.8 Å². The molecule has 0 saturated heterocycles. The molecular weight excluding hydrogens is 304 g/mol. The van der Waals surface area contributed by atoms with Gasteiger partial charge in [0.25, 0.3) is 5.91 Å². The van der Waals surface area contributed by atoms with Gasteiger partial charge in [0.15, 0.2) is 0 Å². The Morgan fingerprint density at radius 1 is 1.04 bits per heavy atom. The molecule has 1 heterocycles. The van der Waals surface area contributed by atoms with Gasteiger partial charge in [-0.05, 0) is 18.1 Å². The molecule has 0 N–H and O–H groups in total. The summed E-state index contributed by atoms with van der Waals surface area (Å²) in [5.41, 5.74) is 2.68. The van der Waals surface area contributed by atoms with Crippen molar-refractivity contribution >= 4 is 17.2 Å². The lowest BCUT2D eigenvalue weighted by Gasteiger charge is -2.17. The average Bonchev–Trinajstić information content (AvgIpc) is 2.97. The zero-order chi connectivity index (χ0) is 16.2. The molecular formula is C19H18N2OS. The van der Waals surface area contributed by atoms with E-state index in [4.69, 9.17) is 0 Å². The summed E-state index contributed by atoms with van der Waals surface area (Å²) in [5, 5.41) is 0.903. The van der Waals surface area contributed by atoms with Crippen LogP contribution in [0, 0.1) is 6.92 Å². The van der Waals surface area contributed by atoms with Crippen LogP contribution in [0.25, 0.3) is 10.4 Å². The van der Waals surface area contributed by atoms with Gasteiger partial charge in [0.1, 0.15) is 5.69 Å². The number of aromatic nitrogens is 1. The quantitative estimate of drug-likeness (QED) is 0.713. The molecule has 116 valence electrons. The Hall–Kier alpha value is -2.46. The lowest BCUT2D eigenvalue weighted by Crippen LogP contribution is -2.27. The highest BCUT2D eigenvalue weighted by molar-refractivity contribution is 7.15. The van der Waals surface area contributed by atoms with E-state index in [0.29, 0.717) is 12.2 Å². The van der Waals surface area contributed by atoms with E-state index in [-0.39, 0.29) is 5.91 Å². The van der Waals surface area contributed by atoms with Crippen molar-refractivity contribution in [2.75, 3.05) is 7.05 Å². The molecule has 0 unspecified atom stereocenters. The van der Waals surface area contributed by atoms with Crippen molar-refractivity contribution in [3.63, 3.8) is 0 Å². The van der Waals surface area contributed by atoms with Crippen LogP contribution < -0.4 is 0 Å². The predicted octanol–water partition coefficient (Wildman–Crippen LogP) is 4.39. The van der Waals surface area contributed by atoms with Crippen molar-refractivity contribution in [2.45, 2.75) is 13.5 Å². The maximum Gasteiger partial charge on any atom is 0.274 e. The fraction of sp³-hybridized carbons (Fsp3) is 0.158. The average molecular weight is 322 g/mol. The molecule has 0 bridgehead atoms. The highest BCUT2D eigenvalue weighted by Gasteiger charge is 2.21. The molecule has 0 aliphatic carbocycles. The molecule has 23 heavy (non-hydrogen) atoms.